The lowest BCUT2D eigenvalue weighted by molar-refractivity contribution is 0.455. The molecule has 2 aromatic heterocycles. The smallest absolute Gasteiger partial charge is 0.160 e. The van der Waals surface area contributed by atoms with Gasteiger partial charge in [-0.25, -0.2) is 9.97 Å². The van der Waals surface area contributed by atoms with Crippen LogP contribution in [0, 0.1) is 0 Å². The van der Waals surface area contributed by atoms with Crippen molar-refractivity contribution in [2.45, 2.75) is 9.79 Å². The Hall–Kier alpha value is -6.43. The number of hydrogen-bond donors (Lipinski definition) is 0. The number of nitrogens with zero attached hydrogens (tertiary/aromatic N) is 2. The molecule has 0 fully saturated rings. The molecule has 8 aromatic carbocycles. The van der Waals surface area contributed by atoms with Gasteiger partial charge < -0.3 is 9.15 Å². The summed E-state index contributed by atoms with van der Waals surface area (Å²) in [5, 5.41) is 9.46. The fourth-order valence-electron chi connectivity index (χ4n) is 7.60. The Morgan fingerprint density at radius 1 is 0.431 bits per heavy atom. The van der Waals surface area contributed by atoms with Crippen molar-refractivity contribution < 1.29 is 9.15 Å². The average Bonchev–Trinajstić information content (AvgIpc) is 3.58. The number of benzene rings is 8. The van der Waals surface area contributed by atoms with Crippen LogP contribution in [0.3, 0.4) is 0 Å². The molecule has 1 aliphatic rings. The largest absolute Gasteiger partial charge is 0.455 e. The number of fused-ring (bicyclic) bond motifs is 11. The zero-order valence-corrected chi connectivity index (χ0v) is 27.9. The van der Waals surface area contributed by atoms with Gasteiger partial charge in [-0.15, -0.1) is 0 Å². The van der Waals surface area contributed by atoms with E-state index in [9.17, 15) is 0 Å². The van der Waals surface area contributed by atoms with Crippen LogP contribution in [-0.4, -0.2) is 9.97 Å². The number of para-hydroxylation sites is 3. The molecule has 10 aromatic rings. The zero-order chi connectivity index (χ0) is 33.5. The third-order valence-electron chi connectivity index (χ3n) is 9.94. The maximum atomic E-state index is 6.52. The van der Waals surface area contributed by atoms with Crippen molar-refractivity contribution in [1.82, 2.24) is 9.97 Å². The van der Waals surface area contributed by atoms with Gasteiger partial charge in [-0.2, -0.15) is 0 Å². The SMILES string of the molecule is c1ccc2c(c1)Oc1cccc(-c3cc(-c4cccc5c4oc4ccccc45)nc(-c4ccc5c6ccccc6c6ccccc6c5c4)n3)c1S2. The normalized spacial score (nSPS) is 12.4. The quantitative estimate of drug-likeness (QED) is 0.175. The summed E-state index contributed by atoms with van der Waals surface area (Å²) < 4.78 is 12.9. The third-order valence-corrected chi connectivity index (χ3v) is 11.1. The predicted octanol–water partition coefficient (Wildman–Crippen LogP) is 13.1. The first-order valence-corrected chi connectivity index (χ1v) is 17.8. The highest BCUT2D eigenvalue weighted by atomic mass is 32.2. The number of hydrogen-bond acceptors (Lipinski definition) is 5. The molecule has 4 nitrogen and oxygen atoms in total. The first-order chi connectivity index (χ1) is 25.3. The molecule has 11 rings (SSSR count). The Labute approximate surface area is 297 Å². The molecule has 0 atom stereocenters. The van der Waals surface area contributed by atoms with Crippen molar-refractivity contribution in [2.24, 2.45) is 0 Å². The summed E-state index contributed by atoms with van der Waals surface area (Å²) in [4.78, 5) is 12.7. The van der Waals surface area contributed by atoms with Gasteiger partial charge >= 0.3 is 0 Å². The summed E-state index contributed by atoms with van der Waals surface area (Å²) in [6.07, 6.45) is 0. The van der Waals surface area contributed by atoms with E-state index in [4.69, 9.17) is 19.1 Å². The van der Waals surface area contributed by atoms with Crippen LogP contribution in [0.5, 0.6) is 11.5 Å². The summed E-state index contributed by atoms with van der Waals surface area (Å²) in [7, 11) is 0. The Kier molecular flexibility index (Phi) is 6.15. The van der Waals surface area contributed by atoms with Crippen LogP contribution in [0.4, 0.5) is 0 Å². The van der Waals surface area contributed by atoms with Crippen LogP contribution in [0.15, 0.2) is 172 Å². The minimum Gasteiger partial charge on any atom is -0.455 e. The van der Waals surface area contributed by atoms with Gasteiger partial charge in [-0.3, -0.25) is 0 Å². The van der Waals surface area contributed by atoms with Gasteiger partial charge in [0.1, 0.15) is 22.7 Å². The molecule has 0 N–H and O–H groups in total. The summed E-state index contributed by atoms with van der Waals surface area (Å²) in [5.74, 6) is 2.33. The van der Waals surface area contributed by atoms with Crippen molar-refractivity contribution in [3.63, 3.8) is 0 Å². The maximum absolute atomic E-state index is 6.52. The molecule has 0 saturated heterocycles. The Morgan fingerprint density at radius 2 is 1.02 bits per heavy atom. The molecule has 5 heteroatoms. The maximum Gasteiger partial charge on any atom is 0.160 e. The number of furan rings is 1. The molecule has 0 aliphatic carbocycles. The minimum absolute atomic E-state index is 0.648. The summed E-state index contributed by atoms with van der Waals surface area (Å²) in [6, 6.07) is 54.9. The Morgan fingerprint density at radius 3 is 1.82 bits per heavy atom. The van der Waals surface area contributed by atoms with E-state index in [0.29, 0.717) is 5.82 Å². The van der Waals surface area contributed by atoms with Gasteiger partial charge in [0, 0.05) is 27.5 Å². The molecule has 0 bridgehead atoms. The van der Waals surface area contributed by atoms with Crippen LogP contribution in [-0.2, 0) is 0 Å². The summed E-state index contributed by atoms with van der Waals surface area (Å²) in [5.41, 5.74) is 6.14. The third kappa shape index (κ3) is 4.42. The van der Waals surface area contributed by atoms with Crippen LogP contribution in [0.25, 0.3) is 88.2 Å². The Balaban J connectivity index is 1.18. The van der Waals surface area contributed by atoms with Gasteiger partial charge in [0.25, 0.3) is 0 Å². The van der Waals surface area contributed by atoms with E-state index >= 15 is 0 Å². The number of aromatic nitrogens is 2. The van der Waals surface area contributed by atoms with Gasteiger partial charge in [-0.05, 0) is 74.8 Å². The second-order valence-electron chi connectivity index (χ2n) is 12.9. The second-order valence-corrected chi connectivity index (χ2v) is 13.9. The van der Waals surface area contributed by atoms with Gasteiger partial charge in [0.2, 0.25) is 0 Å². The van der Waals surface area contributed by atoms with Crippen molar-refractivity contribution in [2.75, 3.05) is 0 Å². The molecule has 0 unspecified atom stereocenters. The molecule has 0 saturated carbocycles. The van der Waals surface area contributed by atoms with E-state index in [-0.39, 0.29) is 0 Å². The Bertz CT molecular complexity index is 3020. The summed E-state index contributed by atoms with van der Waals surface area (Å²) >= 11 is 1.71. The van der Waals surface area contributed by atoms with Crippen LogP contribution >= 0.6 is 11.8 Å². The van der Waals surface area contributed by atoms with E-state index < -0.39 is 0 Å². The van der Waals surface area contributed by atoms with Crippen LogP contribution in [0.1, 0.15) is 0 Å². The van der Waals surface area contributed by atoms with E-state index in [1.54, 1.807) is 11.8 Å². The topological polar surface area (TPSA) is 48.2 Å². The monoisotopic (exact) mass is 670 g/mol. The van der Waals surface area contributed by atoms with Crippen molar-refractivity contribution in [1.29, 1.82) is 0 Å². The van der Waals surface area contributed by atoms with Gasteiger partial charge in [-0.1, -0.05) is 127 Å². The van der Waals surface area contributed by atoms with Gasteiger partial charge in [0.05, 0.1) is 21.2 Å². The molecule has 1 aliphatic heterocycles. The standard InChI is InChI=1S/C46H26N2O2S/c1-2-13-30-28(11-1)29-12-3-4-14-31(29)37-25-27(23-24-32(30)37)46-47-38(35-17-9-16-34-33-15-5-6-19-40(33)50-44(34)35)26-39(48-46)36-18-10-21-42-45(36)51-43-22-8-7-20-41(43)49-42/h1-26H. The lowest BCUT2D eigenvalue weighted by Crippen LogP contribution is -2.00. The first-order valence-electron chi connectivity index (χ1n) is 17.0. The molecular formula is C46H26N2O2S. The molecular weight excluding hydrogens is 645 g/mol. The summed E-state index contributed by atoms with van der Waals surface area (Å²) in [6.45, 7) is 0. The lowest BCUT2D eigenvalue weighted by atomic mass is 9.93. The molecule has 0 spiro atoms. The van der Waals surface area contributed by atoms with E-state index in [1.165, 1.54) is 32.3 Å². The van der Waals surface area contributed by atoms with Crippen molar-refractivity contribution >= 4 is 66.0 Å². The number of rotatable bonds is 3. The van der Waals surface area contributed by atoms with E-state index in [1.807, 2.05) is 48.5 Å². The second kappa shape index (κ2) is 11.0. The molecule has 0 amide bonds. The van der Waals surface area contributed by atoms with Crippen LogP contribution in [0.2, 0.25) is 0 Å². The molecule has 238 valence electrons. The highest BCUT2D eigenvalue weighted by Gasteiger charge is 2.24. The van der Waals surface area contributed by atoms with Crippen molar-refractivity contribution in [3.8, 4) is 45.4 Å². The lowest BCUT2D eigenvalue weighted by Gasteiger charge is -2.22. The zero-order valence-electron chi connectivity index (χ0n) is 27.1. The fraction of sp³-hybridized carbons (Fsp3) is 0. The predicted molar refractivity (Wildman–Crippen MR) is 209 cm³/mol. The van der Waals surface area contributed by atoms with Crippen molar-refractivity contribution in [3.05, 3.63) is 158 Å². The highest BCUT2D eigenvalue weighted by molar-refractivity contribution is 7.99. The average molecular weight is 671 g/mol. The highest BCUT2D eigenvalue weighted by Crippen LogP contribution is 2.51. The van der Waals surface area contributed by atoms with E-state index in [0.717, 1.165) is 71.3 Å². The first kappa shape index (κ1) is 28.4. The van der Waals surface area contributed by atoms with Crippen LogP contribution < -0.4 is 4.74 Å². The minimum atomic E-state index is 0.648. The molecule has 3 heterocycles. The number of ether oxygens (including phenoxy) is 1. The fourth-order valence-corrected chi connectivity index (χ4v) is 8.67. The molecule has 51 heavy (non-hydrogen) atoms. The van der Waals surface area contributed by atoms with Gasteiger partial charge in [0.15, 0.2) is 5.82 Å². The van der Waals surface area contributed by atoms with E-state index in [2.05, 4.69) is 109 Å². The molecule has 0 radical (unpaired) electrons.